The molecule has 4 aromatic rings. The zero-order chi connectivity index (χ0) is 20.0. The Labute approximate surface area is 167 Å². The van der Waals surface area contributed by atoms with E-state index in [1.165, 1.54) is 11.3 Å². The fourth-order valence-corrected chi connectivity index (χ4v) is 4.60. The van der Waals surface area contributed by atoms with Gasteiger partial charge in [0.05, 0.1) is 15.0 Å². The van der Waals surface area contributed by atoms with E-state index in [0.717, 1.165) is 32.5 Å². The van der Waals surface area contributed by atoms with E-state index in [2.05, 4.69) is 0 Å². The van der Waals surface area contributed by atoms with Crippen LogP contribution in [0.4, 0.5) is 5.69 Å². The van der Waals surface area contributed by atoms with Gasteiger partial charge in [-0.2, -0.15) is 0 Å². The standard InChI is InChI=1S/C23H21NO3S/c1-5-24(18-11-14(3)6-8-15(18)4)22(25)20-12-17-21(28-20)16-10-13(2)7-9-19(16)27-23(17)26/h6-12H,5H2,1-4H3. The summed E-state index contributed by atoms with van der Waals surface area (Å²) >= 11 is 1.35. The zero-order valence-electron chi connectivity index (χ0n) is 16.3. The molecule has 5 heteroatoms. The molecule has 0 aliphatic rings. The number of hydrogen-bond donors (Lipinski definition) is 0. The fraction of sp³-hybridized carbons (Fsp3) is 0.217. The molecule has 0 saturated carbocycles. The van der Waals surface area contributed by atoms with E-state index < -0.39 is 5.63 Å². The number of thiophene rings is 1. The highest BCUT2D eigenvalue weighted by atomic mass is 32.1. The van der Waals surface area contributed by atoms with Crippen LogP contribution in [-0.4, -0.2) is 12.5 Å². The monoisotopic (exact) mass is 391 g/mol. The van der Waals surface area contributed by atoms with E-state index in [-0.39, 0.29) is 5.91 Å². The highest BCUT2D eigenvalue weighted by Gasteiger charge is 2.22. The van der Waals surface area contributed by atoms with Crippen molar-refractivity contribution in [1.29, 1.82) is 0 Å². The number of aryl methyl sites for hydroxylation is 3. The molecule has 0 saturated heterocycles. The van der Waals surface area contributed by atoms with Crippen molar-refractivity contribution >= 4 is 44.0 Å². The summed E-state index contributed by atoms with van der Waals surface area (Å²) in [4.78, 5) is 28.1. The van der Waals surface area contributed by atoms with Crippen molar-refractivity contribution in [3.8, 4) is 0 Å². The molecule has 28 heavy (non-hydrogen) atoms. The Morgan fingerprint density at radius 2 is 1.71 bits per heavy atom. The van der Waals surface area contributed by atoms with Gasteiger partial charge in [0.1, 0.15) is 5.58 Å². The number of nitrogens with zero attached hydrogens (tertiary/aromatic N) is 1. The molecular weight excluding hydrogens is 370 g/mol. The van der Waals surface area contributed by atoms with Gasteiger partial charge in [-0.3, -0.25) is 4.79 Å². The maximum atomic E-state index is 13.3. The number of hydrogen-bond acceptors (Lipinski definition) is 4. The van der Waals surface area contributed by atoms with Gasteiger partial charge in [-0.1, -0.05) is 23.8 Å². The lowest BCUT2D eigenvalue weighted by Gasteiger charge is -2.22. The molecule has 0 atom stereocenters. The second-order valence-corrected chi connectivity index (χ2v) is 8.13. The van der Waals surface area contributed by atoms with Crippen LogP contribution in [0.2, 0.25) is 0 Å². The van der Waals surface area contributed by atoms with Crippen molar-refractivity contribution in [2.45, 2.75) is 27.7 Å². The number of carbonyl (C=O) groups is 1. The van der Waals surface area contributed by atoms with Crippen LogP contribution in [-0.2, 0) is 0 Å². The third-order valence-corrected chi connectivity index (χ3v) is 6.12. The summed E-state index contributed by atoms with van der Waals surface area (Å²) in [6.07, 6.45) is 0. The zero-order valence-corrected chi connectivity index (χ0v) is 17.1. The average molecular weight is 391 g/mol. The fourth-order valence-electron chi connectivity index (χ4n) is 3.48. The largest absolute Gasteiger partial charge is 0.422 e. The molecule has 0 N–H and O–H groups in total. The summed E-state index contributed by atoms with van der Waals surface area (Å²) < 4.78 is 6.26. The summed E-state index contributed by atoms with van der Waals surface area (Å²) in [6.45, 7) is 8.52. The van der Waals surface area contributed by atoms with Crippen molar-refractivity contribution in [2.75, 3.05) is 11.4 Å². The molecule has 2 aromatic heterocycles. The van der Waals surface area contributed by atoms with Crippen LogP contribution in [0.15, 0.2) is 51.7 Å². The molecule has 142 valence electrons. The predicted octanol–water partition coefficient (Wildman–Crippen LogP) is 5.60. The lowest BCUT2D eigenvalue weighted by Crippen LogP contribution is -2.30. The number of amides is 1. The van der Waals surface area contributed by atoms with Crippen LogP contribution in [0.3, 0.4) is 0 Å². The topological polar surface area (TPSA) is 50.5 Å². The Bertz CT molecular complexity index is 1280. The SMILES string of the molecule is CCN(C(=O)c1cc2c(=O)oc3ccc(C)cc3c2s1)c1cc(C)ccc1C. The predicted molar refractivity (Wildman–Crippen MR) is 116 cm³/mol. The van der Waals surface area contributed by atoms with Crippen LogP contribution in [0.5, 0.6) is 0 Å². The molecule has 0 unspecified atom stereocenters. The second-order valence-electron chi connectivity index (χ2n) is 7.08. The molecule has 4 rings (SSSR count). The van der Waals surface area contributed by atoms with E-state index in [9.17, 15) is 9.59 Å². The molecule has 2 aromatic carbocycles. The van der Waals surface area contributed by atoms with Crippen LogP contribution in [0, 0.1) is 20.8 Å². The summed E-state index contributed by atoms with van der Waals surface area (Å²) in [5.74, 6) is -0.0994. The van der Waals surface area contributed by atoms with Gasteiger partial charge in [0, 0.05) is 17.6 Å². The third kappa shape index (κ3) is 3.02. The summed E-state index contributed by atoms with van der Waals surface area (Å²) in [6, 6.07) is 13.5. The Balaban J connectivity index is 1.88. The van der Waals surface area contributed by atoms with E-state index in [4.69, 9.17) is 4.42 Å². The van der Waals surface area contributed by atoms with Crippen molar-refractivity contribution in [2.24, 2.45) is 0 Å². The summed E-state index contributed by atoms with van der Waals surface area (Å²) in [5, 5.41) is 1.33. The number of anilines is 1. The first-order valence-electron chi connectivity index (χ1n) is 9.25. The average Bonchev–Trinajstić information content (AvgIpc) is 3.12. The molecule has 1 amide bonds. The van der Waals surface area contributed by atoms with E-state index in [0.29, 0.717) is 22.4 Å². The van der Waals surface area contributed by atoms with Crippen molar-refractivity contribution in [1.82, 2.24) is 0 Å². The molecule has 0 fully saturated rings. The van der Waals surface area contributed by atoms with Crippen molar-refractivity contribution < 1.29 is 9.21 Å². The number of fused-ring (bicyclic) bond motifs is 3. The Morgan fingerprint density at radius 3 is 2.46 bits per heavy atom. The van der Waals surface area contributed by atoms with Crippen LogP contribution < -0.4 is 10.5 Å². The van der Waals surface area contributed by atoms with Crippen LogP contribution in [0.25, 0.3) is 21.1 Å². The maximum Gasteiger partial charge on any atom is 0.345 e. The number of rotatable bonds is 3. The normalized spacial score (nSPS) is 11.3. The lowest BCUT2D eigenvalue weighted by molar-refractivity contribution is 0.0992. The second kappa shape index (κ2) is 6.91. The van der Waals surface area contributed by atoms with E-state index in [1.807, 2.05) is 58.0 Å². The van der Waals surface area contributed by atoms with Gasteiger partial charge in [-0.05, 0) is 63.1 Å². The van der Waals surface area contributed by atoms with Crippen molar-refractivity contribution in [3.63, 3.8) is 0 Å². The Hall–Kier alpha value is -2.92. The van der Waals surface area contributed by atoms with Gasteiger partial charge < -0.3 is 9.32 Å². The molecule has 2 heterocycles. The van der Waals surface area contributed by atoms with Gasteiger partial charge >= 0.3 is 5.63 Å². The van der Waals surface area contributed by atoms with Crippen LogP contribution >= 0.6 is 11.3 Å². The molecular formula is C23H21NO3S. The Kier molecular flexibility index (Phi) is 4.55. The van der Waals surface area contributed by atoms with Crippen LogP contribution in [0.1, 0.15) is 33.3 Å². The first kappa shape index (κ1) is 18.4. The third-order valence-electron chi connectivity index (χ3n) is 4.96. The van der Waals surface area contributed by atoms with Gasteiger partial charge in [0.2, 0.25) is 0 Å². The minimum atomic E-state index is -0.406. The maximum absolute atomic E-state index is 13.3. The van der Waals surface area contributed by atoms with Gasteiger partial charge in [-0.15, -0.1) is 11.3 Å². The highest BCUT2D eigenvalue weighted by Crippen LogP contribution is 2.33. The van der Waals surface area contributed by atoms with Gasteiger partial charge in [0.15, 0.2) is 0 Å². The molecule has 0 spiro atoms. The molecule has 4 nitrogen and oxygen atoms in total. The highest BCUT2D eigenvalue weighted by molar-refractivity contribution is 7.21. The van der Waals surface area contributed by atoms with Crippen molar-refractivity contribution in [3.05, 3.63) is 74.5 Å². The lowest BCUT2D eigenvalue weighted by atomic mass is 10.1. The smallest absolute Gasteiger partial charge is 0.345 e. The molecule has 0 bridgehead atoms. The molecule has 0 aliphatic heterocycles. The van der Waals surface area contributed by atoms with Gasteiger partial charge in [0.25, 0.3) is 5.91 Å². The minimum Gasteiger partial charge on any atom is -0.422 e. The van der Waals surface area contributed by atoms with Gasteiger partial charge in [-0.25, -0.2) is 4.79 Å². The first-order chi connectivity index (χ1) is 13.4. The molecule has 0 radical (unpaired) electrons. The quantitative estimate of drug-likeness (QED) is 0.427. The summed E-state index contributed by atoms with van der Waals surface area (Å²) in [5.41, 5.74) is 4.27. The van der Waals surface area contributed by atoms with E-state index in [1.54, 1.807) is 17.0 Å². The Morgan fingerprint density at radius 1 is 1.00 bits per heavy atom. The minimum absolute atomic E-state index is 0.0994. The number of benzene rings is 2. The number of carbonyl (C=O) groups excluding carboxylic acids is 1. The molecule has 0 aliphatic carbocycles. The van der Waals surface area contributed by atoms with E-state index >= 15 is 0 Å². The first-order valence-corrected chi connectivity index (χ1v) is 10.1. The summed E-state index contributed by atoms with van der Waals surface area (Å²) in [7, 11) is 0.